The molecule has 0 saturated carbocycles. The fraction of sp³-hybridized carbons (Fsp3) is 0. The third-order valence-electron chi connectivity index (χ3n) is 2.84. The Hall–Kier alpha value is -1.62. The van der Waals surface area contributed by atoms with Gasteiger partial charge in [0.15, 0.2) is 0 Å². The Morgan fingerprint density at radius 1 is 1.15 bits per heavy atom. The number of anilines is 1. The molecule has 0 radical (unpaired) electrons. The number of aromatic hydroxyl groups is 1. The van der Waals surface area contributed by atoms with Crippen LogP contribution < -0.4 is 5.73 Å². The van der Waals surface area contributed by atoms with E-state index >= 15 is 0 Å². The number of nitrogen functional groups attached to an aromatic ring is 1. The number of nitrogens with one attached hydrogen (secondary N) is 1. The maximum atomic E-state index is 10.0. The number of hydrogen-bond donors (Lipinski definition) is 3. The van der Waals surface area contributed by atoms with Gasteiger partial charge in [-0.05, 0) is 24.3 Å². The van der Waals surface area contributed by atoms with E-state index in [1.807, 2.05) is 6.07 Å². The molecule has 0 saturated heterocycles. The smallest absolute Gasteiger partial charge is 0.143 e. The lowest BCUT2D eigenvalue weighted by Crippen LogP contribution is -1.87. The monoisotopic (exact) mass is 329 g/mol. The second-order valence-electron chi connectivity index (χ2n) is 4.16. The molecule has 0 aliphatic rings. The number of nitrogens with two attached hydrogens (primary N) is 1. The number of pyridine rings is 1. The Balaban J connectivity index is 0.00000147. The fourth-order valence-electron chi connectivity index (χ4n) is 1.96. The molecule has 104 valence electrons. The van der Waals surface area contributed by atoms with Crippen LogP contribution in [0.3, 0.4) is 0 Å². The van der Waals surface area contributed by atoms with E-state index in [9.17, 15) is 5.11 Å². The van der Waals surface area contributed by atoms with E-state index in [1.54, 1.807) is 18.3 Å². The Bertz CT molecular complexity index is 786. The maximum Gasteiger partial charge on any atom is 0.143 e. The van der Waals surface area contributed by atoms with E-state index in [4.69, 9.17) is 28.9 Å². The van der Waals surface area contributed by atoms with Crippen LogP contribution in [-0.2, 0) is 0 Å². The van der Waals surface area contributed by atoms with Crippen molar-refractivity contribution in [3.05, 3.63) is 40.5 Å². The first-order valence-electron chi connectivity index (χ1n) is 5.47. The summed E-state index contributed by atoms with van der Waals surface area (Å²) in [6, 6.07) is 6.74. The number of phenolic OH excluding ortho intramolecular Hbond substituents is 1. The molecule has 4 nitrogen and oxygen atoms in total. The lowest BCUT2D eigenvalue weighted by atomic mass is 10.1. The van der Waals surface area contributed by atoms with Crippen LogP contribution in [0.2, 0.25) is 10.0 Å². The van der Waals surface area contributed by atoms with Crippen LogP contribution in [-0.4, -0.2) is 15.1 Å². The summed E-state index contributed by atoms with van der Waals surface area (Å²) in [6.07, 6.45) is 1.64. The minimum absolute atomic E-state index is 0. The number of aromatic amines is 1. The van der Waals surface area contributed by atoms with Crippen LogP contribution in [0.15, 0.2) is 30.5 Å². The summed E-state index contributed by atoms with van der Waals surface area (Å²) >= 11 is 11.9. The Labute approximate surface area is 130 Å². The first-order valence-corrected chi connectivity index (χ1v) is 6.23. The van der Waals surface area contributed by atoms with Crippen molar-refractivity contribution in [3.8, 4) is 17.0 Å². The van der Waals surface area contributed by atoms with E-state index in [0.29, 0.717) is 22.1 Å². The molecule has 0 aliphatic heterocycles. The first kappa shape index (κ1) is 14.8. The van der Waals surface area contributed by atoms with Gasteiger partial charge in [-0.2, -0.15) is 0 Å². The molecule has 0 aliphatic carbocycles. The quantitative estimate of drug-likeness (QED) is 0.624. The largest absolute Gasteiger partial charge is 0.506 e. The van der Waals surface area contributed by atoms with Crippen LogP contribution in [0.25, 0.3) is 22.2 Å². The summed E-state index contributed by atoms with van der Waals surface area (Å²) in [5, 5.41) is 11.6. The van der Waals surface area contributed by atoms with Crippen molar-refractivity contribution in [2.45, 2.75) is 0 Å². The highest BCUT2D eigenvalue weighted by atomic mass is 35.5. The van der Waals surface area contributed by atoms with Gasteiger partial charge in [-0.15, -0.1) is 12.4 Å². The molecule has 0 amide bonds. The summed E-state index contributed by atoms with van der Waals surface area (Å²) in [7, 11) is 0. The van der Waals surface area contributed by atoms with Gasteiger partial charge in [-0.3, -0.25) is 0 Å². The third kappa shape index (κ3) is 2.50. The minimum Gasteiger partial charge on any atom is -0.506 e. The lowest BCUT2D eigenvalue weighted by Gasteiger charge is -2.05. The van der Waals surface area contributed by atoms with Gasteiger partial charge < -0.3 is 15.8 Å². The molecule has 2 aromatic heterocycles. The van der Waals surface area contributed by atoms with E-state index in [2.05, 4.69) is 9.97 Å². The fourth-order valence-corrected chi connectivity index (χ4v) is 2.46. The Morgan fingerprint density at radius 3 is 2.65 bits per heavy atom. The maximum absolute atomic E-state index is 10.0. The number of phenols is 1. The highest BCUT2D eigenvalue weighted by Gasteiger charge is 2.12. The van der Waals surface area contributed by atoms with E-state index in [1.165, 1.54) is 6.07 Å². The van der Waals surface area contributed by atoms with Gasteiger partial charge in [0.1, 0.15) is 11.6 Å². The van der Waals surface area contributed by atoms with Gasteiger partial charge in [0.05, 0.1) is 22.4 Å². The number of halogens is 3. The molecule has 0 bridgehead atoms. The Kier molecular flexibility index (Phi) is 3.99. The van der Waals surface area contributed by atoms with Crippen molar-refractivity contribution in [2.24, 2.45) is 0 Å². The number of nitrogens with zero attached hydrogens (tertiary/aromatic N) is 1. The SMILES string of the molecule is Cl.Nc1cc2cc(-c3cc(Cl)cc(Cl)c3O)[nH]c2cn1. The van der Waals surface area contributed by atoms with Crippen LogP contribution in [0, 0.1) is 0 Å². The minimum atomic E-state index is -0.0152. The highest BCUT2D eigenvalue weighted by Crippen LogP contribution is 2.38. The molecule has 0 unspecified atom stereocenters. The zero-order valence-corrected chi connectivity index (χ0v) is 12.4. The topological polar surface area (TPSA) is 74.9 Å². The summed E-state index contributed by atoms with van der Waals surface area (Å²) < 4.78 is 0. The molecular formula is C13H10Cl3N3O. The van der Waals surface area contributed by atoms with Crippen LogP contribution in [0.4, 0.5) is 5.82 Å². The number of aromatic nitrogens is 2. The molecule has 3 aromatic rings. The summed E-state index contributed by atoms with van der Waals surface area (Å²) in [5.41, 5.74) is 7.69. The van der Waals surface area contributed by atoms with Gasteiger partial charge in [0, 0.05) is 16.0 Å². The van der Waals surface area contributed by atoms with Gasteiger partial charge in [0.2, 0.25) is 0 Å². The van der Waals surface area contributed by atoms with E-state index in [0.717, 1.165) is 10.9 Å². The van der Waals surface area contributed by atoms with E-state index in [-0.39, 0.29) is 23.2 Å². The normalized spacial score (nSPS) is 10.5. The number of H-pyrrole nitrogens is 1. The van der Waals surface area contributed by atoms with Gasteiger partial charge in [-0.25, -0.2) is 4.98 Å². The van der Waals surface area contributed by atoms with Crippen molar-refractivity contribution < 1.29 is 5.11 Å². The zero-order valence-electron chi connectivity index (χ0n) is 10.0. The van der Waals surface area contributed by atoms with Crippen LogP contribution in [0.1, 0.15) is 0 Å². The van der Waals surface area contributed by atoms with Crippen LogP contribution in [0.5, 0.6) is 5.75 Å². The standard InChI is InChI=1S/C13H9Cl2N3O.ClH/c14-7-3-8(13(19)9(15)4-7)10-1-6-2-12(16)17-5-11(6)18-10;/h1-5,18-19H,(H2,16,17);1H. The molecule has 0 fully saturated rings. The zero-order chi connectivity index (χ0) is 13.6. The van der Waals surface area contributed by atoms with Crippen LogP contribution >= 0.6 is 35.6 Å². The number of hydrogen-bond acceptors (Lipinski definition) is 3. The molecular weight excluding hydrogens is 321 g/mol. The average molecular weight is 331 g/mol. The van der Waals surface area contributed by atoms with Gasteiger partial charge >= 0.3 is 0 Å². The van der Waals surface area contributed by atoms with Gasteiger partial charge in [0.25, 0.3) is 0 Å². The average Bonchev–Trinajstić information content (AvgIpc) is 2.76. The van der Waals surface area contributed by atoms with Crippen molar-refractivity contribution in [1.82, 2.24) is 9.97 Å². The van der Waals surface area contributed by atoms with Crippen molar-refractivity contribution in [2.75, 3.05) is 5.73 Å². The molecule has 3 rings (SSSR count). The third-order valence-corrected chi connectivity index (χ3v) is 3.35. The predicted octanol–water partition coefficient (Wildman–Crippen LogP) is 4.25. The van der Waals surface area contributed by atoms with Crippen molar-refractivity contribution >= 4 is 52.3 Å². The molecule has 7 heteroatoms. The summed E-state index contributed by atoms with van der Waals surface area (Å²) in [6.45, 7) is 0. The second-order valence-corrected chi connectivity index (χ2v) is 5.01. The Morgan fingerprint density at radius 2 is 1.90 bits per heavy atom. The number of rotatable bonds is 1. The summed E-state index contributed by atoms with van der Waals surface area (Å²) in [4.78, 5) is 7.14. The molecule has 1 aromatic carbocycles. The van der Waals surface area contributed by atoms with Gasteiger partial charge in [-0.1, -0.05) is 23.2 Å². The lowest BCUT2D eigenvalue weighted by molar-refractivity contribution is 0.477. The molecule has 4 N–H and O–H groups in total. The first-order chi connectivity index (χ1) is 9.04. The highest BCUT2D eigenvalue weighted by molar-refractivity contribution is 6.36. The van der Waals surface area contributed by atoms with Crippen molar-refractivity contribution in [3.63, 3.8) is 0 Å². The molecule has 20 heavy (non-hydrogen) atoms. The predicted molar refractivity (Wildman–Crippen MR) is 84.9 cm³/mol. The van der Waals surface area contributed by atoms with Crippen molar-refractivity contribution in [1.29, 1.82) is 0 Å². The second kappa shape index (κ2) is 5.40. The number of benzene rings is 1. The molecule has 0 spiro atoms. The number of fused-ring (bicyclic) bond motifs is 1. The molecule has 0 atom stereocenters. The summed E-state index contributed by atoms with van der Waals surface area (Å²) in [5.74, 6) is 0.421. The molecule has 2 heterocycles. The van der Waals surface area contributed by atoms with E-state index < -0.39 is 0 Å².